The number of aromatic amines is 1. The van der Waals surface area contributed by atoms with Gasteiger partial charge in [0.1, 0.15) is 27.8 Å². The Balaban J connectivity index is 1.50. The van der Waals surface area contributed by atoms with Gasteiger partial charge >= 0.3 is 0 Å². The predicted octanol–water partition coefficient (Wildman–Crippen LogP) is 4.42. The zero-order valence-corrected chi connectivity index (χ0v) is 21.5. The van der Waals surface area contributed by atoms with E-state index in [0.717, 1.165) is 37.8 Å². The van der Waals surface area contributed by atoms with Crippen molar-refractivity contribution in [2.75, 3.05) is 10.5 Å². The molecule has 1 aliphatic carbocycles. The highest BCUT2D eigenvalue weighted by Gasteiger charge is 2.25. The summed E-state index contributed by atoms with van der Waals surface area (Å²) >= 11 is 0. The number of sulfonamides is 1. The zero-order valence-electron chi connectivity index (χ0n) is 20.7. The smallest absolute Gasteiger partial charge is 0.264 e. The first-order chi connectivity index (χ1) is 18.6. The van der Waals surface area contributed by atoms with Gasteiger partial charge in [0.25, 0.3) is 15.6 Å². The fourth-order valence-corrected chi connectivity index (χ4v) is 6.34. The molecule has 1 aromatic carbocycles. The second kappa shape index (κ2) is 9.12. The standard InChI is InChI=1S/C26H23F2N7O3S/c1-13-17-10-18(25(36)35(16-4-2-3-5-16)24(17)33-26(29)32-13)14-8-19-21(12-31-23(19)30-11-14)34-39(37,38)22-7-6-15(27)9-20(22)28/h6-12,16,34H,2-5H2,1H3,(H,30,31)(H2,29,32,33). The van der Waals surface area contributed by atoms with Gasteiger partial charge in [0.2, 0.25) is 5.95 Å². The van der Waals surface area contributed by atoms with Crippen LogP contribution in [0, 0.1) is 18.6 Å². The molecule has 4 aromatic heterocycles. The van der Waals surface area contributed by atoms with Crippen molar-refractivity contribution >= 4 is 43.7 Å². The summed E-state index contributed by atoms with van der Waals surface area (Å²) in [7, 11) is -4.40. The average Bonchev–Trinajstić information content (AvgIpc) is 3.53. The van der Waals surface area contributed by atoms with Crippen molar-refractivity contribution in [1.82, 2.24) is 24.5 Å². The third-order valence-electron chi connectivity index (χ3n) is 7.06. The van der Waals surface area contributed by atoms with Crippen molar-refractivity contribution in [3.05, 3.63) is 70.4 Å². The topological polar surface area (TPSA) is 149 Å². The molecule has 0 atom stereocenters. The second-order valence-electron chi connectivity index (χ2n) is 9.58. The number of benzene rings is 1. The van der Waals surface area contributed by atoms with Gasteiger partial charge in [-0.15, -0.1) is 0 Å². The fraction of sp³-hybridized carbons (Fsp3) is 0.231. The Morgan fingerprint density at radius 1 is 1.10 bits per heavy atom. The van der Waals surface area contributed by atoms with Crippen LogP contribution in [0.2, 0.25) is 0 Å². The molecule has 0 spiro atoms. The van der Waals surface area contributed by atoms with Crippen LogP contribution in [-0.4, -0.2) is 32.9 Å². The van der Waals surface area contributed by atoms with Gasteiger partial charge in [-0.3, -0.25) is 14.1 Å². The molecule has 0 amide bonds. The van der Waals surface area contributed by atoms with Crippen molar-refractivity contribution in [2.24, 2.45) is 0 Å². The van der Waals surface area contributed by atoms with Crippen LogP contribution in [0.25, 0.3) is 33.2 Å². The van der Waals surface area contributed by atoms with Crippen molar-refractivity contribution in [3.63, 3.8) is 0 Å². The largest absolute Gasteiger partial charge is 0.368 e. The highest BCUT2D eigenvalue weighted by molar-refractivity contribution is 7.92. The zero-order chi connectivity index (χ0) is 27.5. The van der Waals surface area contributed by atoms with E-state index >= 15 is 0 Å². The number of H-pyrrole nitrogens is 1. The Kier molecular flexibility index (Phi) is 5.83. The minimum Gasteiger partial charge on any atom is -0.368 e. The minimum atomic E-state index is -4.40. The Bertz CT molecular complexity index is 1950. The minimum absolute atomic E-state index is 0.0365. The SMILES string of the molecule is Cc1nc(N)nc2c1cc(-c1cnc3[nH]cc(NS(=O)(=O)c4ccc(F)cc4F)c3c1)c(=O)n2C1CCCC1. The monoisotopic (exact) mass is 551 g/mol. The molecular formula is C26H23F2N7O3S. The maximum Gasteiger partial charge on any atom is 0.264 e. The lowest BCUT2D eigenvalue weighted by molar-refractivity contribution is 0.516. The van der Waals surface area contributed by atoms with Crippen molar-refractivity contribution < 1.29 is 17.2 Å². The number of pyridine rings is 2. The third kappa shape index (κ3) is 4.28. The molecule has 10 nitrogen and oxygen atoms in total. The summed E-state index contributed by atoms with van der Waals surface area (Å²) in [5, 5.41) is 1.03. The first-order valence-corrected chi connectivity index (χ1v) is 13.8. The lowest BCUT2D eigenvalue weighted by Gasteiger charge is -2.19. The van der Waals surface area contributed by atoms with Crippen LogP contribution in [0.4, 0.5) is 20.4 Å². The summed E-state index contributed by atoms with van der Waals surface area (Å²) in [4.78, 5) is 29.1. The lowest BCUT2D eigenvalue weighted by atomic mass is 10.0. The molecule has 39 heavy (non-hydrogen) atoms. The molecule has 200 valence electrons. The molecule has 6 rings (SSSR count). The quantitative estimate of drug-likeness (QED) is 0.293. The number of nitrogen functional groups attached to an aromatic ring is 1. The summed E-state index contributed by atoms with van der Waals surface area (Å²) in [6, 6.07) is 5.51. The Labute approximate surface area is 221 Å². The first-order valence-electron chi connectivity index (χ1n) is 12.3. The van der Waals surface area contributed by atoms with Crippen LogP contribution in [0.3, 0.4) is 0 Å². The van der Waals surface area contributed by atoms with E-state index in [0.29, 0.717) is 45.0 Å². The fourth-order valence-electron chi connectivity index (χ4n) is 5.21. The number of hydrogen-bond donors (Lipinski definition) is 3. The molecule has 1 aliphatic rings. The molecule has 0 unspecified atom stereocenters. The molecule has 13 heteroatoms. The number of rotatable bonds is 5. The highest BCUT2D eigenvalue weighted by atomic mass is 32.2. The molecule has 0 aliphatic heterocycles. The molecule has 5 aromatic rings. The number of aryl methyl sites for hydroxylation is 1. The van der Waals surface area contributed by atoms with Gasteiger partial charge in [0, 0.05) is 46.4 Å². The van der Waals surface area contributed by atoms with E-state index in [-0.39, 0.29) is 23.2 Å². The number of nitrogens with one attached hydrogen (secondary N) is 2. The average molecular weight is 552 g/mol. The van der Waals surface area contributed by atoms with Gasteiger partial charge in [-0.25, -0.2) is 27.2 Å². The van der Waals surface area contributed by atoms with E-state index in [4.69, 9.17) is 5.73 Å². The van der Waals surface area contributed by atoms with E-state index in [1.807, 2.05) is 0 Å². The summed E-state index contributed by atoms with van der Waals surface area (Å²) in [6.45, 7) is 1.79. The number of hydrogen-bond acceptors (Lipinski definition) is 7. The van der Waals surface area contributed by atoms with Crippen LogP contribution in [-0.2, 0) is 10.0 Å². The normalized spacial score (nSPS) is 14.4. The summed E-state index contributed by atoms with van der Waals surface area (Å²) in [5.41, 5.74) is 7.99. The maximum absolute atomic E-state index is 14.2. The van der Waals surface area contributed by atoms with E-state index in [2.05, 4.69) is 24.7 Å². The van der Waals surface area contributed by atoms with E-state index in [9.17, 15) is 22.0 Å². The van der Waals surface area contributed by atoms with E-state index < -0.39 is 26.6 Å². The summed E-state index contributed by atoms with van der Waals surface area (Å²) in [5.74, 6) is -2.03. The number of fused-ring (bicyclic) bond motifs is 2. The van der Waals surface area contributed by atoms with Crippen LogP contribution < -0.4 is 16.0 Å². The van der Waals surface area contributed by atoms with Crippen LogP contribution >= 0.6 is 0 Å². The maximum atomic E-state index is 14.2. The second-order valence-corrected chi connectivity index (χ2v) is 11.2. The van der Waals surface area contributed by atoms with E-state index in [1.165, 1.54) is 12.4 Å². The molecule has 0 bridgehead atoms. The molecule has 1 fully saturated rings. The van der Waals surface area contributed by atoms with Gasteiger partial charge < -0.3 is 10.7 Å². The number of halogens is 2. The molecule has 4 heterocycles. The molecular weight excluding hydrogens is 528 g/mol. The van der Waals surface area contributed by atoms with Crippen LogP contribution in [0.5, 0.6) is 0 Å². The van der Waals surface area contributed by atoms with Crippen molar-refractivity contribution in [3.8, 4) is 11.1 Å². The first kappa shape index (κ1) is 24.9. The van der Waals surface area contributed by atoms with Crippen LogP contribution in [0.1, 0.15) is 37.4 Å². The van der Waals surface area contributed by atoms with Crippen molar-refractivity contribution in [1.29, 1.82) is 0 Å². The van der Waals surface area contributed by atoms with Gasteiger partial charge in [-0.1, -0.05) is 12.8 Å². The van der Waals surface area contributed by atoms with E-state index in [1.54, 1.807) is 23.6 Å². The van der Waals surface area contributed by atoms with Gasteiger partial charge in [0.05, 0.1) is 11.4 Å². The lowest BCUT2D eigenvalue weighted by Crippen LogP contribution is -2.26. The van der Waals surface area contributed by atoms with Gasteiger partial charge in [0.15, 0.2) is 0 Å². The summed E-state index contributed by atoms with van der Waals surface area (Å²) in [6.07, 6.45) is 6.56. The number of aromatic nitrogens is 5. The Hall–Kier alpha value is -4.39. The molecule has 0 saturated heterocycles. The Morgan fingerprint density at radius 3 is 2.62 bits per heavy atom. The highest BCUT2D eigenvalue weighted by Crippen LogP contribution is 2.34. The molecule has 4 N–H and O–H groups in total. The number of anilines is 2. The number of nitrogens with two attached hydrogens (primary N) is 1. The Morgan fingerprint density at radius 2 is 1.87 bits per heavy atom. The number of nitrogens with zero attached hydrogens (tertiary/aromatic N) is 4. The van der Waals surface area contributed by atoms with Crippen molar-refractivity contribution in [2.45, 2.75) is 43.5 Å². The predicted molar refractivity (Wildman–Crippen MR) is 143 cm³/mol. The molecule has 1 saturated carbocycles. The van der Waals surface area contributed by atoms with Gasteiger partial charge in [-0.2, -0.15) is 4.98 Å². The molecule has 0 radical (unpaired) electrons. The summed E-state index contributed by atoms with van der Waals surface area (Å²) < 4.78 is 57.4. The van der Waals surface area contributed by atoms with Crippen LogP contribution in [0.15, 0.2) is 52.4 Å². The van der Waals surface area contributed by atoms with Gasteiger partial charge in [-0.05, 0) is 44.0 Å². The third-order valence-corrected chi connectivity index (χ3v) is 8.46.